The number of hydrogen-bond donors (Lipinski definition) is 0. The molecule has 0 aliphatic carbocycles. The van der Waals surface area contributed by atoms with Gasteiger partial charge in [0.15, 0.2) is 6.10 Å². The number of carbonyl (C=O) groups is 2. The summed E-state index contributed by atoms with van der Waals surface area (Å²) in [6, 6.07) is 0. The molecule has 0 aliphatic heterocycles. The lowest BCUT2D eigenvalue weighted by atomic mass is 10.1. The Morgan fingerprint density at radius 2 is 0.804 bits per heavy atom. The molecule has 1 atom stereocenters. The van der Waals surface area contributed by atoms with Crippen LogP contribution >= 0.6 is 0 Å². The van der Waals surface area contributed by atoms with Crippen molar-refractivity contribution in [1.82, 2.24) is 0 Å². The molecule has 0 bridgehead atoms. The van der Waals surface area contributed by atoms with Gasteiger partial charge in [-0.1, -0.05) is 210 Å². The molecule has 0 amide bonds. The third-order valence-electron chi connectivity index (χ3n) is 10.1. The van der Waals surface area contributed by atoms with Gasteiger partial charge in [0.1, 0.15) is 6.61 Å². The van der Waals surface area contributed by atoms with E-state index in [4.69, 9.17) is 14.2 Å². The maximum absolute atomic E-state index is 12.7. The highest BCUT2D eigenvalue weighted by molar-refractivity contribution is 5.70. The first kappa shape index (κ1) is 53.6. The maximum Gasteiger partial charge on any atom is 0.306 e. The Labute approximate surface area is 347 Å². The van der Waals surface area contributed by atoms with Crippen LogP contribution < -0.4 is 0 Å². The zero-order valence-corrected chi connectivity index (χ0v) is 37.1. The zero-order chi connectivity index (χ0) is 40.7. The van der Waals surface area contributed by atoms with Crippen LogP contribution in [0.1, 0.15) is 226 Å². The molecule has 0 aliphatic rings. The summed E-state index contributed by atoms with van der Waals surface area (Å²) in [5.41, 5.74) is 0. The fourth-order valence-electron chi connectivity index (χ4n) is 6.54. The van der Waals surface area contributed by atoms with Gasteiger partial charge in [-0.3, -0.25) is 9.59 Å². The van der Waals surface area contributed by atoms with E-state index in [0.717, 1.165) is 77.0 Å². The summed E-state index contributed by atoms with van der Waals surface area (Å²) in [4.78, 5) is 25.2. The number of rotatable bonds is 43. The minimum Gasteiger partial charge on any atom is -0.462 e. The average molecular weight is 783 g/mol. The molecule has 0 aromatic rings. The van der Waals surface area contributed by atoms with Crippen LogP contribution in [-0.4, -0.2) is 37.9 Å². The van der Waals surface area contributed by atoms with E-state index < -0.39 is 6.10 Å². The second kappa shape index (κ2) is 47.0. The first-order valence-electron chi connectivity index (χ1n) is 23.8. The highest BCUT2D eigenvalue weighted by Crippen LogP contribution is 2.14. The molecule has 324 valence electrons. The molecule has 0 aromatic carbocycles. The van der Waals surface area contributed by atoms with Crippen LogP contribution in [0.5, 0.6) is 0 Å². The summed E-state index contributed by atoms with van der Waals surface area (Å²) < 4.78 is 17.3. The summed E-state index contributed by atoms with van der Waals surface area (Å²) in [7, 11) is 0. The van der Waals surface area contributed by atoms with Crippen LogP contribution in [-0.2, 0) is 23.8 Å². The molecule has 1 unspecified atom stereocenters. The van der Waals surface area contributed by atoms with Crippen LogP contribution in [0, 0.1) is 0 Å². The molecule has 5 heteroatoms. The number of hydrogen-bond acceptors (Lipinski definition) is 5. The molecule has 0 aromatic heterocycles. The van der Waals surface area contributed by atoms with Crippen molar-refractivity contribution in [3.8, 4) is 0 Å². The minimum atomic E-state index is -0.553. The van der Waals surface area contributed by atoms with Crippen molar-refractivity contribution < 1.29 is 23.8 Å². The maximum atomic E-state index is 12.7. The standard InChI is InChI=1S/C51H90O5/c1-4-7-10-13-16-19-22-23-24-25-26-27-28-31-34-37-40-43-46-54-47-49(56-51(53)45-42-39-36-33-30-21-18-15-12-9-6-3)48-55-50(52)44-41-38-35-32-29-20-17-14-11-8-5-2/h7,10,16,19,23-24,26-27,31,34,49H,4-6,8-9,11-15,17-18,20-22,25,28-30,32-33,35-48H2,1-3H3/b10-7-,19-16-,24-23-,27-26-,34-31-. The van der Waals surface area contributed by atoms with Crippen LogP contribution in [0.3, 0.4) is 0 Å². The Balaban J connectivity index is 4.31. The SMILES string of the molecule is CC/C=C\C/C=C\C/C=C\C/C=C\C/C=C\CCCCOCC(COC(=O)CCCCCCCCCCCCC)OC(=O)CCCCCCCCCCCCC. The van der Waals surface area contributed by atoms with Gasteiger partial charge < -0.3 is 14.2 Å². The largest absolute Gasteiger partial charge is 0.462 e. The van der Waals surface area contributed by atoms with Crippen LogP contribution in [0.4, 0.5) is 0 Å². The molecule has 0 radical (unpaired) electrons. The molecule has 0 saturated heterocycles. The first-order valence-corrected chi connectivity index (χ1v) is 23.8. The van der Waals surface area contributed by atoms with Gasteiger partial charge in [0.2, 0.25) is 0 Å². The molecule has 0 saturated carbocycles. The van der Waals surface area contributed by atoms with Gasteiger partial charge in [0, 0.05) is 19.4 Å². The Kier molecular flexibility index (Phi) is 45.0. The van der Waals surface area contributed by atoms with E-state index in [9.17, 15) is 9.59 Å². The Morgan fingerprint density at radius 1 is 0.411 bits per heavy atom. The molecule has 0 N–H and O–H groups in total. The van der Waals surface area contributed by atoms with Crippen molar-refractivity contribution in [2.75, 3.05) is 19.8 Å². The molecule has 0 heterocycles. The van der Waals surface area contributed by atoms with E-state index in [-0.39, 0.29) is 25.2 Å². The summed E-state index contributed by atoms with van der Waals surface area (Å²) >= 11 is 0. The second-order valence-corrected chi connectivity index (χ2v) is 15.6. The van der Waals surface area contributed by atoms with Gasteiger partial charge in [-0.05, 0) is 64.2 Å². The lowest BCUT2D eigenvalue weighted by Gasteiger charge is -2.18. The lowest BCUT2D eigenvalue weighted by Crippen LogP contribution is -2.30. The molecule has 0 fully saturated rings. The van der Waals surface area contributed by atoms with Crippen molar-refractivity contribution in [2.45, 2.75) is 232 Å². The topological polar surface area (TPSA) is 61.8 Å². The Hall–Kier alpha value is -2.40. The van der Waals surface area contributed by atoms with Crippen molar-refractivity contribution >= 4 is 11.9 Å². The Bertz CT molecular complexity index is 977. The summed E-state index contributed by atoms with van der Waals surface area (Å²) in [6.45, 7) is 7.61. The van der Waals surface area contributed by atoms with Gasteiger partial charge in [-0.2, -0.15) is 0 Å². The van der Waals surface area contributed by atoms with E-state index in [1.807, 2.05) is 0 Å². The molecular formula is C51H90O5. The summed E-state index contributed by atoms with van der Waals surface area (Å²) in [6.07, 6.45) is 58.0. The summed E-state index contributed by atoms with van der Waals surface area (Å²) in [5.74, 6) is -0.418. The van der Waals surface area contributed by atoms with Gasteiger partial charge in [0.05, 0.1) is 6.61 Å². The van der Waals surface area contributed by atoms with E-state index in [1.165, 1.54) is 116 Å². The monoisotopic (exact) mass is 783 g/mol. The third-order valence-corrected chi connectivity index (χ3v) is 10.1. The van der Waals surface area contributed by atoms with Crippen LogP contribution in [0.2, 0.25) is 0 Å². The van der Waals surface area contributed by atoms with Gasteiger partial charge in [-0.25, -0.2) is 0 Å². The smallest absolute Gasteiger partial charge is 0.306 e. The predicted molar refractivity (Wildman–Crippen MR) is 242 cm³/mol. The number of allylic oxidation sites excluding steroid dienone is 10. The molecular weight excluding hydrogens is 693 g/mol. The highest BCUT2D eigenvalue weighted by atomic mass is 16.6. The summed E-state index contributed by atoms with van der Waals surface area (Å²) in [5, 5.41) is 0. The van der Waals surface area contributed by atoms with Gasteiger partial charge in [0.25, 0.3) is 0 Å². The highest BCUT2D eigenvalue weighted by Gasteiger charge is 2.17. The number of ether oxygens (including phenoxy) is 3. The second-order valence-electron chi connectivity index (χ2n) is 15.6. The Morgan fingerprint density at radius 3 is 1.25 bits per heavy atom. The normalized spacial score (nSPS) is 12.7. The van der Waals surface area contributed by atoms with Crippen LogP contribution in [0.25, 0.3) is 0 Å². The van der Waals surface area contributed by atoms with E-state index in [1.54, 1.807) is 0 Å². The number of esters is 2. The van der Waals surface area contributed by atoms with Crippen molar-refractivity contribution in [3.63, 3.8) is 0 Å². The lowest BCUT2D eigenvalue weighted by molar-refractivity contribution is -0.163. The molecule has 0 rings (SSSR count). The minimum absolute atomic E-state index is 0.0703. The number of unbranched alkanes of at least 4 members (excludes halogenated alkanes) is 22. The van der Waals surface area contributed by atoms with Crippen molar-refractivity contribution in [2.24, 2.45) is 0 Å². The predicted octanol–water partition coefficient (Wildman–Crippen LogP) is 15.8. The van der Waals surface area contributed by atoms with E-state index in [0.29, 0.717) is 19.4 Å². The van der Waals surface area contributed by atoms with Crippen LogP contribution in [0.15, 0.2) is 60.8 Å². The molecule has 56 heavy (non-hydrogen) atoms. The quantitative estimate of drug-likeness (QED) is 0.0350. The van der Waals surface area contributed by atoms with Crippen molar-refractivity contribution in [1.29, 1.82) is 0 Å². The first-order chi connectivity index (χ1) is 27.6. The molecule has 5 nitrogen and oxygen atoms in total. The number of carbonyl (C=O) groups excluding carboxylic acids is 2. The molecule has 0 spiro atoms. The fraction of sp³-hybridized carbons (Fsp3) is 0.765. The third kappa shape index (κ3) is 44.3. The fourth-order valence-corrected chi connectivity index (χ4v) is 6.54. The van der Waals surface area contributed by atoms with E-state index in [2.05, 4.69) is 81.5 Å². The van der Waals surface area contributed by atoms with Gasteiger partial charge in [-0.15, -0.1) is 0 Å². The van der Waals surface area contributed by atoms with Crippen molar-refractivity contribution in [3.05, 3.63) is 60.8 Å². The zero-order valence-electron chi connectivity index (χ0n) is 37.1. The van der Waals surface area contributed by atoms with Gasteiger partial charge >= 0.3 is 11.9 Å². The average Bonchev–Trinajstić information content (AvgIpc) is 3.20. The van der Waals surface area contributed by atoms with E-state index >= 15 is 0 Å².